The highest BCUT2D eigenvalue weighted by Crippen LogP contribution is 2.41. The third-order valence-electron chi connectivity index (χ3n) is 4.49. The van der Waals surface area contributed by atoms with Gasteiger partial charge in [-0.15, -0.1) is 0 Å². The maximum atomic E-state index is 6.75. The monoisotopic (exact) mass is 240 g/mol. The van der Waals surface area contributed by atoms with Crippen molar-refractivity contribution in [1.82, 2.24) is 4.98 Å². The Balaban J connectivity index is 2.19. The number of fused-ring (bicyclic) bond motifs is 1. The fourth-order valence-electron chi connectivity index (χ4n) is 3.25. The van der Waals surface area contributed by atoms with Gasteiger partial charge >= 0.3 is 0 Å². The van der Waals surface area contributed by atoms with Gasteiger partial charge in [-0.2, -0.15) is 0 Å². The highest BCUT2D eigenvalue weighted by Gasteiger charge is 2.37. The van der Waals surface area contributed by atoms with Crippen LogP contribution in [0.1, 0.15) is 38.2 Å². The molecule has 3 rings (SSSR count). The Hall–Kier alpha value is -1.41. The minimum Gasteiger partial charge on any atom is -0.321 e. The molecule has 2 nitrogen and oxygen atoms in total. The minimum atomic E-state index is -0.202. The molecule has 1 aliphatic carbocycles. The summed E-state index contributed by atoms with van der Waals surface area (Å²) in [4.78, 5) is 4.56. The molecule has 2 unspecified atom stereocenters. The van der Waals surface area contributed by atoms with Gasteiger partial charge in [-0.25, -0.2) is 0 Å². The molecule has 1 heterocycles. The summed E-state index contributed by atoms with van der Waals surface area (Å²) >= 11 is 0. The van der Waals surface area contributed by atoms with Gasteiger partial charge in [0.2, 0.25) is 0 Å². The molecule has 18 heavy (non-hydrogen) atoms. The second kappa shape index (κ2) is 4.36. The molecule has 0 spiro atoms. The lowest BCUT2D eigenvalue weighted by molar-refractivity contribution is 0.208. The normalized spacial score (nSPS) is 28.4. The van der Waals surface area contributed by atoms with Crippen LogP contribution in [0, 0.1) is 5.92 Å². The zero-order valence-electron chi connectivity index (χ0n) is 10.9. The van der Waals surface area contributed by atoms with Crippen LogP contribution in [0.3, 0.4) is 0 Å². The van der Waals surface area contributed by atoms with Crippen LogP contribution in [0.2, 0.25) is 0 Å². The molecule has 0 aliphatic heterocycles. The first-order valence-corrected chi connectivity index (χ1v) is 6.85. The molecular weight excluding hydrogens is 220 g/mol. The first kappa shape index (κ1) is 11.7. The molecular formula is C16H20N2. The predicted molar refractivity (Wildman–Crippen MR) is 75.2 cm³/mol. The summed E-state index contributed by atoms with van der Waals surface area (Å²) in [5.74, 6) is 0.527. The van der Waals surface area contributed by atoms with Gasteiger partial charge in [-0.1, -0.05) is 44.0 Å². The molecule has 0 radical (unpaired) electrons. The van der Waals surface area contributed by atoms with E-state index in [1.54, 1.807) is 0 Å². The van der Waals surface area contributed by atoms with Crippen LogP contribution >= 0.6 is 0 Å². The quantitative estimate of drug-likeness (QED) is 0.827. The molecule has 2 heteroatoms. The fourth-order valence-corrected chi connectivity index (χ4v) is 3.25. The van der Waals surface area contributed by atoms with Gasteiger partial charge in [-0.3, -0.25) is 4.98 Å². The SMILES string of the molecule is CC1CCCCC1(N)c1cccc2cccnc12. The van der Waals surface area contributed by atoms with Crippen LogP contribution in [-0.2, 0) is 5.54 Å². The maximum absolute atomic E-state index is 6.75. The Morgan fingerprint density at radius 2 is 2.06 bits per heavy atom. The van der Waals surface area contributed by atoms with Gasteiger partial charge in [-0.05, 0) is 30.4 Å². The van der Waals surface area contributed by atoms with E-state index >= 15 is 0 Å². The Bertz CT molecular complexity index is 559. The molecule has 94 valence electrons. The third kappa shape index (κ3) is 1.72. The van der Waals surface area contributed by atoms with Gasteiger partial charge in [0.1, 0.15) is 0 Å². The second-order valence-corrected chi connectivity index (χ2v) is 5.57. The van der Waals surface area contributed by atoms with Crippen LogP contribution < -0.4 is 5.73 Å². The van der Waals surface area contributed by atoms with Gasteiger partial charge < -0.3 is 5.73 Å². The largest absolute Gasteiger partial charge is 0.321 e. The minimum absolute atomic E-state index is 0.202. The predicted octanol–water partition coefficient (Wildman–Crippen LogP) is 3.60. The first-order valence-electron chi connectivity index (χ1n) is 6.85. The van der Waals surface area contributed by atoms with Crippen LogP contribution in [0.15, 0.2) is 36.5 Å². The number of para-hydroxylation sites is 1. The van der Waals surface area contributed by atoms with E-state index in [1.807, 2.05) is 12.3 Å². The molecule has 2 atom stereocenters. The Kier molecular flexibility index (Phi) is 2.83. The van der Waals surface area contributed by atoms with Gasteiger partial charge in [0.25, 0.3) is 0 Å². The smallest absolute Gasteiger partial charge is 0.0752 e. The molecule has 1 aromatic heterocycles. The van der Waals surface area contributed by atoms with Crippen LogP contribution in [0.5, 0.6) is 0 Å². The van der Waals surface area contributed by atoms with E-state index in [1.165, 1.54) is 30.2 Å². The van der Waals surface area contributed by atoms with Crippen LogP contribution in [0.25, 0.3) is 10.9 Å². The number of nitrogens with two attached hydrogens (primary N) is 1. The van der Waals surface area contributed by atoms with E-state index < -0.39 is 0 Å². The van der Waals surface area contributed by atoms with Gasteiger partial charge in [0.15, 0.2) is 0 Å². The summed E-state index contributed by atoms with van der Waals surface area (Å²) in [6.07, 6.45) is 6.69. The van der Waals surface area contributed by atoms with Crippen molar-refractivity contribution in [3.63, 3.8) is 0 Å². The summed E-state index contributed by atoms with van der Waals surface area (Å²) in [5.41, 5.74) is 8.86. The van der Waals surface area contributed by atoms with Crippen molar-refractivity contribution in [3.8, 4) is 0 Å². The third-order valence-corrected chi connectivity index (χ3v) is 4.49. The van der Waals surface area contributed by atoms with E-state index in [2.05, 4.69) is 36.2 Å². The molecule has 0 amide bonds. The molecule has 2 aromatic rings. The van der Waals surface area contributed by atoms with Crippen molar-refractivity contribution < 1.29 is 0 Å². The Labute approximate surface area is 108 Å². The second-order valence-electron chi connectivity index (χ2n) is 5.57. The molecule has 1 aliphatic rings. The van der Waals surface area contributed by atoms with Crippen molar-refractivity contribution >= 4 is 10.9 Å². The number of hydrogen-bond donors (Lipinski definition) is 1. The summed E-state index contributed by atoms with van der Waals surface area (Å²) in [6.45, 7) is 2.28. The summed E-state index contributed by atoms with van der Waals surface area (Å²) in [7, 11) is 0. The average molecular weight is 240 g/mol. The first-order chi connectivity index (χ1) is 8.72. The maximum Gasteiger partial charge on any atom is 0.0752 e. The molecule has 0 bridgehead atoms. The number of nitrogens with zero attached hydrogens (tertiary/aromatic N) is 1. The van der Waals surface area contributed by atoms with Crippen molar-refractivity contribution in [2.75, 3.05) is 0 Å². The summed E-state index contributed by atoms with van der Waals surface area (Å²) in [6, 6.07) is 10.5. The number of rotatable bonds is 1. The number of hydrogen-bond acceptors (Lipinski definition) is 2. The number of aromatic nitrogens is 1. The molecule has 2 N–H and O–H groups in total. The van der Waals surface area contributed by atoms with Gasteiger partial charge in [0.05, 0.1) is 5.52 Å². The van der Waals surface area contributed by atoms with Crippen LogP contribution in [-0.4, -0.2) is 4.98 Å². The van der Waals surface area contributed by atoms with Crippen molar-refractivity contribution in [2.24, 2.45) is 11.7 Å². The van der Waals surface area contributed by atoms with E-state index in [4.69, 9.17) is 5.73 Å². The van der Waals surface area contributed by atoms with Crippen molar-refractivity contribution in [3.05, 3.63) is 42.1 Å². The van der Waals surface area contributed by atoms with Crippen molar-refractivity contribution in [1.29, 1.82) is 0 Å². The van der Waals surface area contributed by atoms with Crippen molar-refractivity contribution in [2.45, 2.75) is 38.1 Å². The van der Waals surface area contributed by atoms with E-state index in [9.17, 15) is 0 Å². The summed E-state index contributed by atoms with van der Waals surface area (Å²) < 4.78 is 0. The zero-order valence-corrected chi connectivity index (χ0v) is 10.9. The average Bonchev–Trinajstić information content (AvgIpc) is 2.41. The Morgan fingerprint density at radius 1 is 1.22 bits per heavy atom. The van der Waals surface area contributed by atoms with E-state index in [-0.39, 0.29) is 5.54 Å². The Morgan fingerprint density at radius 3 is 2.89 bits per heavy atom. The fraction of sp³-hybridized carbons (Fsp3) is 0.438. The highest BCUT2D eigenvalue weighted by molar-refractivity contribution is 5.82. The van der Waals surface area contributed by atoms with Gasteiger partial charge in [0, 0.05) is 17.1 Å². The lowest BCUT2D eigenvalue weighted by Crippen LogP contribution is -2.45. The standard InChI is InChI=1S/C16H20N2/c1-12-6-2-3-10-16(12,17)14-9-4-7-13-8-5-11-18-15(13)14/h4-5,7-9,11-12H,2-3,6,10,17H2,1H3. The highest BCUT2D eigenvalue weighted by atomic mass is 14.8. The number of pyridine rings is 1. The van der Waals surface area contributed by atoms with E-state index in [0.29, 0.717) is 5.92 Å². The molecule has 1 aromatic carbocycles. The molecule has 0 saturated heterocycles. The molecule has 1 fully saturated rings. The topological polar surface area (TPSA) is 38.9 Å². The lowest BCUT2D eigenvalue weighted by Gasteiger charge is -2.40. The number of benzene rings is 1. The van der Waals surface area contributed by atoms with E-state index in [0.717, 1.165) is 11.9 Å². The lowest BCUT2D eigenvalue weighted by atomic mass is 9.70. The van der Waals surface area contributed by atoms with Crippen LogP contribution in [0.4, 0.5) is 0 Å². The molecule has 1 saturated carbocycles. The zero-order chi connectivity index (χ0) is 12.6. The summed E-state index contributed by atoms with van der Waals surface area (Å²) in [5, 5.41) is 1.19.